The summed E-state index contributed by atoms with van der Waals surface area (Å²) in [7, 11) is -3.42. The molecule has 1 amide bonds. The molecular weight excluding hydrogens is 506 g/mol. The van der Waals surface area contributed by atoms with Crippen LogP contribution in [0.25, 0.3) is 6.08 Å². The number of nitrogens with one attached hydrogen (secondary N) is 1. The fourth-order valence-electron chi connectivity index (χ4n) is 3.04. The zero-order chi connectivity index (χ0) is 27.2. The number of carboxylic acid groups (broad SMARTS) is 1. The van der Waals surface area contributed by atoms with E-state index in [1.807, 2.05) is 0 Å². The smallest absolute Gasteiger partial charge is 0.346 e. The second kappa shape index (κ2) is 11.0. The molecule has 37 heavy (non-hydrogen) atoms. The summed E-state index contributed by atoms with van der Waals surface area (Å²) in [6.07, 6.45) is 1.16. The number of nitro groups is 1. The normalized spacial score (nSPS) is 11.2. The minimum absolute atomic E-state index is 0.00981. The standard InChI is InChI=1S/C24H17N3O9S/c1-35-20-11-6-15(12-17(14-25)23(28)26-18-9-7-16(8-10-18)24(29)30)13-21(20)36-37(33,34)22-5-3-2-4-19(22)27(31)32/h2-13H,1H3,(H,26,28)(H,29,30)/b17-12+. The Morgan fingerprint density at radius 3 is 2.35 bits per heavy atom. The summed E-state index contributed by atoms with van der Waals surface area (Å²) in [6.45, 7) is 0. The maximum Gasteiger partial charge on any atom is 0.346 e. The van der Waals surface area contributed by atoms with Gasteiger partial charge in [0.1, 0.15) is 11.6 Å². The van der Waals surface area contributed by atoms with Crippen LogP contribution in [-0.4, -0.2) is 37.4 Å². The number of carbonyl (C=O) groups is 2. The summed E-state index contributed by atoms with van der Waals surface area (Å²) >= 11 is 0. The number of methoxy groups -OCH3 is 1. The molecule has 188 valence electrons. The van der Waals surface area contributed by atoms with Crippen LogP contribution in [0.4, 0.5) is 11.4 Å². The lowest BCUT2D eigenvalue weighted by Gasteiger charge is -2.12. The van der Waals surface area contributed by atoms with E-state index in [-0.39, 0.29) is 33.9 Å². The Morgan fingerprint density at radius 2 is 1.76 bits per heavy atom. The highest BCUT2D eigenvalue weighted by Crippen LogP contribution is 2.33. The maximum absolute atomic E-state index is 12.8. The molecule has 12 nitrogen and oxygen atoms in total. The first-order valence-electron chi connectivity index (χ1n) is 10.2. The lowest BCUT2D eigenvalue weighted by molar-refractivity contribution is -0.387. The van der Waals surface area contributed by atoms with Gasteiger partial charge in [-0.05, 0) is 54.1 Å². The number of ether oxygens (including phenoxy) is 1. The van der Waals surface area contributed by atoms with Gasteiger partial charge in [-0.15, -0.1) is 0 Å². The van der Waals surface area contributed by atoms with E-state index in [0.717, 1.165) is 18.2 Å². The van der Waals surface area contributed by atoms with Crippen LogP contribution in [0.5, 0.6) is 11.5 Å². The zero-order valence-corrected chi connectivity index (χ0v) is 19.8. The number of hydrogen-bond donors (Lipinski definition) is 2. The lowest BCUT2D eigenvalue weighted by Crippen LogP contribution is -2.14. The largest absolute Gasteiger partial charge is 0.493 e. The average molecular weight is 523 g/mol. The number of nitrogens with zero attached hydrogens (tertiary/aromatic N) is 2. The van der Waals surface area contributed by atoms with Crippen LogP contribution >= 0.6 is 0 Å². The maximum atomic E-state index is 12.8. The fraction of sp³-hybridized carbons (Fsp3) is 0.0417. The predicted molar refractivity (Wildman–Crippen MR) is 130 cm³/mol. The third kappa shape index (κ3) is 6.27. The van der Waals surface area contributed by atoms with Crippen molar-refractivity contribution in [2.24, 2.45) is 0 Å². The van der Waals surface area contributed by atoms with Gasteiger partial charge in [0, 0.05) is 11.8 Å². The molecule has 0 bridgehead atoms. The molecular formula is C24H17N3O9S. The summed E-state index contributed by atoms with van der Waals surface area (Å²) in [5.41, 5.74) is -0.611. The van der Waals surface area contributed by atoms with E-state index in [1.54, 1.807) is 6.07 Å². The zero-order valence-electron chi connectivity index (χ0n) is 18.9. The van der Waals surface area contributed by atoms with Crippen LogP contribution in [0.1, 0.15) is 15.9 Å². The Kier molecular flexibility index (Phi) is 7.86. The van der Waals surface area contributed by atoms with E-state index in [1.165, 1.54) is 61.7 Å². The van der Waals surface area contributed by atoms with Crippen molar-refractivity contribution in [2.75, 3.05) is 12.4 Å². The van der Waals surface area contributed by atoms with Gasteiger partial charge >= 0.3 is 16.1 Å². The van der Waals surface area contributed by atoms with Crippen molar-refractivity contribution >= 4 is 39.4 Å². The number of rotatable bonds is 9. The van der Waals surface area contributed by atoms with Gasteiger partial charge in [0.25, 0.3) is 11.6 Å². The van der Waals surface area contributed by atoms with E-state index in [0.29, 0.717) is 0 Å². The second-order valence-corrected chi connectivity index (χ2v) is 8.69. The molecule has 0 atom stereocenters. The Hall–Kier alpha value is -5.22. The third-order valence-electron chi connectivity index (χ3n) is 4.78. The van der Waals surface area contributed by atoms with Crippen molar-refractivity contribution < 1.29 is 37.0 Å². The molecule has 0 aliphatic rings. The van der Waals surface area contributed by atoms with E-state index in [9.17, 15) is 33.4 Å². The van der Waals surface area contributed by atoms with Gasteiger partial charge in [-0.25, -0.2) is 4.79 Å². The van der Waals surface area contributed by atoms with Crippen molar-refractivity contribution in [3.8, 4) is 17.6 Å². The molecule has 0 aliphatic carbocycles. The number of carbonyl (C=O) groups excluding carboxylic acids is 1. The number of nitro benzene ring substituents is 1. The van der Waals surface area contributed by atoms with Crippen LogP contribution in [0, 0.1) is 21.4 Å². The Balaban J connectivity index is 1.91. The fourth-order valence-corrected chi connectivity index (χ4v) is 4.14. The van der Waals surface area contributed by atoms with Crippen molar-refractivity contribution in [2.45, 2.75) is 4.90 Å². The molecule has 3 aromatic rings. The first-order chi connectivity index (χ1) is 17.6. The summed E-state index contributed by atoms with van der Waals surface area (Å²) in [5, 5.41) is 32.1. The topological polar surface area (TPSA) is 186 Å². The molecule has 0 heterocycles. The van der Waals surface area contributed by atoms with E-state index in [4.69, 9.17) is 14.0 Å². The monoisotopic (exact) mass is 523 g/mol. The summed E-state index contributed by atoms with van der Waals surface area (Å²) in [4.78, 5) is 33.2. The number of para-hydroxylation sites is 1. The quantitative estimate of drug-likeness (QED) is 0.138. The first-order valence-corrected chi connectivity index (χ1v) is 11.6. The highest BCUT2D eigenvalue weighted by Gasteiger charge is 2.28. The van der Waals surface area contributed by atoms with Crippen molar-refractivity contribution in [3.63, 3.8) is 0 Å². The van der Waals surface area contributed by atoms with Gasteiger partial charge in [0.15, 0.2) is 16.4 Å². The number of anilines is 1. The molecule has 0 saturated carbocycles. The lowest BCUT2D eigenvalue weighted by atomic mass is 10.1. The number of aromatic carboxylic acids is 1. The Bertz CT molecular complexity index is 1560. The summed E-state index contributed by atoms with van der Waals surface area (Å²) < 4.78 is 35.9. The number of benzene rings is 3. The molecule has 2 N–H and O–H groups in total. The van der Waals surface area contributed by atoms with Gasteiger partial charge < -0.3 is 19.3 Å². The van der Waals surface area contributed by atoms with Gasteiger partial charge in [-0.1, -0.05) is 18.2 Å². The van der Waals surface area contributed by atoms with Crippen molar-refractivity contribution in [1.29, 1.82) is 5.26 Å². The molecule has 0 fully saturated rings. The number of amides is 1. The van der Waals surface area contributed by atoms with E-state index < -0.39 is 37.5 Å². The molecule has 0 aromatic heterocycles. The highest BCUT2D eigenvalue weighted by molar-refractivity contribution is 7.87. The van der Waals surface area contributed by atoms with Gasteiger partial charge in [-0.3, -0.25) is 14.9 Å². The summed E-state index contributed by atoms with van der Waals surface area (Å²) in [5.74, 6) is -2.31. The molecule has 0 radical (unpaired) electrons. The second-order valence-electron chi connectivity index (χ2n) is 7.18. The average Bonchev–Trinajstić information content (AvgIpc) is 2.87. The molecule has 3 rings (SSSR count). The predicted octanol–water partition coefficient (Wildman–Crippen LogP) is 3.61. The molecule has 0 unspecified atom stereocenters. The number of carboxylic acids is 1. The first kappa shape index (κ1) is 26.4. The number of hydrogen-bond acceptors (Lipinski definition) is 9. The minimum Gasteiger partial charge on any atom is -0.493 e. The molecule has 0 aliphatic heterocycles. The van der Waals surface area contributed by atoms with E-state index >= 15 is 0 Å². The Labute approximate surface area is 210 Å². The number of nitriles is 1. The van der Waals surface area contributed by atoms with Crippen LogP contribution in [0.15, 0.2) is 77.2 Å². The molecule has 0 spiro atoms. The van der Waals surface area contributed by atoms with Crippen LogP contribution in [-0.2, 0) is 14.9 Å². The van der Waals surface area contributed by atoms with Gasteiger partial charge in [0.05, 0.1) is 17.6 Å². The van der Waals surface area contributed by atoms with Crippen molar-refractivity contribution in [1.82, 2.24) is 0 Å². The minimum atomic E-state index is -4.67. The van der Waals surface area contributed by atoms with Crippen LogP contribution in [0.2, 0.25) is 0 Å². The molecule has 0 saturated heterocycles. The van der Waals surface area contributed by atoms with Gasteiger partial charge in [0.2, 0.25) is 0 Å². The van der Waals surface area contributed by atoms with Crippen molar-refractivity contribution in [3.05, 3.63) is 93.5 Å². The molecule has 13 heteroatoms. The Morgan fingerprint density at radius 1 is 1.08 bits per heavy atom. The SMILES string of the molecule is COc1ccc(/C=C(\C#N)C(=O)Nc2ccc(C(=O)O)cc2)cc1OS(=O)(=O)c1ccccc1[N+](=O)[O-]. The highest BCUT2D eigenvalue weighted by atomic mass is 32.2. The third-order valence-corrected chi connectivity index (χ3v) is 6.07. The van der Waals surface area contributed by atoms with Crippen LogP contribution in [0.3, 0.4) is 0 Å². The van der Waals surface area contributed by atoms with Crippen LogP contribution < -0.4 is 14.2 Å². The van der Waals surface area contributed by atoms with Gasteiger partial charge in [-0.2, -0.15) is 13.7 Å². The van der Waals surface area contributed by atoms with E-state index in [2.05, 4.69) is 5.32 Å². The molecule has 3 aromatic carbocycles. The summed E-state index contributed by atoms with van der Waals surface area (Å²) in [6, 6.07) is 15.6.